The summed E-state index contributed by atoms with van der Waals surface area (Å²) < 4.78 is 10.0. The third-order valence-corrected chi connectivity index (χ3v) is 3.22. The number of nitrogens with one attached hydrogen (secondary N) is 1. The van der Waals surface area contributed by atoms with Gasteiger partial charge in [0, 0.05) is 30.4 Å². The van der Waals surface area contributed by atoms with Crippen LogP contribution >= 0.6 is 0 Å². The van der Waals surface area contributed by atoms with Crippen LogP contribution in [-0.4, -0.2) is 22.3 Å². The molecule has 1 amide bonds. The van der Waals surface area contributed by atoms with Crippen molar-refractivity contribution in [1.29, 1.82) is 0 Å². The van der Waals surface area contributed by atoms with Gasteiger partial charge in [-0.15, -0.1) is 0 Å². The van der Waals surface area contributed by atoms with Crippen molar-refractivity contribution in [2.75, 3.05) is 0 Å². The van der Waals surface area contributed by atoms with Crippen LogP contribution in [0.4, 0.5) is 0 Å². The van der Waals surface area contributed by atoms with E-state index in [0.29, 0.717) is 16.9 Å². The van der Waals surface area contributed by atoms with E-state index in [1.54, 1.807) is 36.4 Å². The number of para-hydroxylation sites is 1. The van der Waals surface area contributed by atoms with Crippen molar-refractivity contribution in [3.05, 3.63) is 70.8 Å². The van der Waals surface area contributed by atoms with Crippen molar-refractivity contribution < 1.29 is 19.1 Å². The van der Waals surface area contributed by atoms with Crippen molar-refractivity contribution >= 4 is 12.1 Å². The summed E-state index contributed by atoms with van der Waals surface area (Å²) >= 11 is 0. The predicted octanol–water partition coefficient (Wildman–Crippen LogP) is 1.57. The van der Waals surface area contributed by atoms with Gasteiger partial charge in [0.1, 0.15) is 5.75 Å². The summed E-state index contributed by atoms with van der Waals surface area (Å²) in [5.41, 5.74) is 3.63. The Labute approximate surface area is 142 Å². The average Bonchev–Trinajstić information content (AvgIpc) is 2.96. The quantitative estimate of drug-likeness (QED) is 0.428. The van der Waals surface area contributed by atoms with Crippen LogP contribution in [0.3, 0.4) is 0 Å². The van der Waals surface area contributed by atoms with Gasteiger partial charge in [0.15, 0.2) is 0 Å². The van der Waals surface area contributed by atoms with Crippen molar-refractivity contribution in [3.8, 4) is 11.6 Å². The molecule has 0 aliphatic carbocycles. The van der Waals surface area contributed by atoms with Gasteiger partial charge in [0.05, 0.1) is 11.4 Å². The number of hydrogen-bond donors (Lipinski definition) is 1. The smallest absolute Gasteiger partial charge is 0.402 e. The first-order valence-corrected chi connectivity index (χ1v) is 7.22. The molecule has 0 atom stereocenters. The van der Waals surface area contributed by atoms with Gasteiger partial charge in [-0.05, 0) is 29.2 Å². The number of ether oxygens (including phenoxy) is 1. The Morgan fingerprint density at radius 1 is 1.32 bits per heavy atom. The molecule has 1 aromatic carbocycles. The van der Waals surface area contributed by atoms with Crippen molar-refractivity contribution in [1.82, 2.24) is 15.6 Å². The maximum absolute atomic E-state index is 11.9. The van der Waals surface area contributed by atoms with Crippen LogP contribution in [0.25, 0.3) is 0 Å². The minimum absolute atomic E-state index is 0.0525. The maximum atomic E-state index is 11.9. The number of carbonyl (C=O) groups excluding carboxylic acids is 1. The molecule has 2 aromatic heterocycles. The monoisotopic (exact) mass is 339 g/mol. The first-order valence-electron chi connectivity index (χ1n) is 7.22. The summed E-state index contributed by atoms with van der Waals surface area (Å²) in [6.07, 6.45) is 4.46. The molecule has 9 heteroatoms. The summed E-state index contributed by atoms with van der Waals surface area (Å²) in [7, 11) is 0. The van der Waals surface area contributed by atoms with E-state index in [9.17, 15) is 10.0 Å². The van der Waals surface area contributed by atoms with Crippen LogP contribution in [-0.2, 0) is 0 Å². The third kappa shape index (κ3) is 3.78. The normalized spacial score (nSPS) is 10.8. The molecule has 0 unspecified atom stereocenters. The molecule has 0 saturated carbocycles. The van der Waals surface area contributed by atoms with Crippen LogP contribution in [0.5, 0.6) is 11.6 Å². The minimum atomic E-state index is -0.364. The highest BCUT2D eigenvalue weighted by atomic mass is 16.8. The van der Waals surface area contributed by atoms with E-state index in [1.165, 1.54) is 25.5 Å². The first kappa shape index (κ1) is 16.1. The van der Waals surface area contributed by atoms with Crippen LogP contribution < -0.4 is 15.1 Å². The Bertz CT molecular complexity index is 908. The summed E-state index contributed by atoms with van der Waals surface area (Å²) in [6.45, 7) is 1.52. The molecular formula is C16H13N5O4. The number of rotatable bonds is 5. The fourth-order valence-electron chi connectivity index (χ4n) is 1.88. The molecule has 3 rings (SSSR count). The molecule has 25 heavy (non-hydrogen) atoms. The van der Waals surface area contributed by atoms with E-state index >= 15 is 0 Å². The standard InChI is InChI=1S/C16H13N5O4/c1-11-16(20-25-21(11)23)24-14-5-3-2-4-13(14)10-18-19-15(22)12-6-8-17-9-7-12/h2-10H,1H3,(H,19,22)/b18-10+. The zero-order valence-corrected chi connectivity index (χ0v) is 13.1. The zero-order valence-electron chi connectivity index (χ0n) is 13.1. The highest BCUT2D eigenvalue weighted by Crippen LogP contribution is 2.23. The Morgan fingerprint density at radius 2 is 2.08 bits per heavy atom. The number of aromatic nitrogens is 3. The lowest BCUT2D eigenvalue weighted by atomic mass is 10.2. The Kier molecular flexibility index (Phi) is 4.65. The van der Waals surface area contributed by atoms with E-state index in [-0.39, 0.29) is 22.4 Å². The lowest BCUT2D eigenvalue weighted by molar-refractivity contribution is -0.806. The highest BCUT2D eigenvalue weighted by molar-refractivity contribution is 5.94. The number of amides is 1. The average molecular weight is 339 g/mol. The summed E-state index contributed by atoms with van der Waals surface area (Å²) in [4.78, 5) is 16.0. The molecule has 126 valence electrons. The summed E-state index contributed by atoms with van der Waals surface area (Å²) in [5, 5.41) is 18.7. The van der Waals surface area contributed by atoms with Crippen molar-refractivity contribution in [2.24, 2.45) is 5.10 Å². The lowest BCUT2D eigenvalue weighted by Crippen LogP contribution is -2.25. The molecule has 0 radical (unpaired) electrons. The van der Waals surface area contributed by atoms with Crippen LogP contribution in [0.1, 0.15) is 21.6 Å². The third-order valence-electron chi connectivity index (χ3n) is 3.22. The first-order chi connectivity index (χ1) is 12.1. The number of hydrogen-bond acceptors (Lipinski definition) is 7. The van der Waals surface area contributed by atoms with E-state index in [0.717, 1.165) is 0 Å². The largest absolute Gasteiger partial charge is 0.415 e. The van der Waals surface area contributed by atoms with Crippen LogP contribution in [0, 0.1) is 12.1 Å². The second-order valence-corrected chi connectivity index (χ2v) is 4.90. The number of nitrogens with zero attached hydrogens (tertiary/aromatic N) is 4. The molecule has 0 saturated heterocycles. The lowest BCUT2D eigenvalue weighted by Gasteiger charge is -2.04. The zero-order chi connectivity index (χ0) is 17.6. The molecule has 9 nitrogen and oxygen atoms in total. The van der Waals surface area contributed by atoms with E-state index in [1.807, 2.05) is 0 Å². The Morgan fingerprint density at radius 3 is 2.80 bits per heavy atom. The molecule has 3 aromatic rings. The van der Waals surface area contributed by atoms with Gasteiger partial charge in [0.2, 0.25) is 5.69 Å². The molecule has 1 N–H and O–H groups in total. The fourth-order valence-corrected chi connectivity index (χ4v) is 1.88. The summed E-state index contributed by atoms with van der Waals surface area (Å²) in [6, 6.07) is 10.1. The molecule has 0 spiro atoms. The molecule has 0 aliphatic heterocycles. The minimum Gasteiger partial charge on any atom is -0.415 e. The fraction of sp³-hybridized carbons (Fsp3) is 0.0625. The maximum Gasteiger partial charge on any atom is 0.402 e. The van der Waals surface area contributed by atoms with Gasteiger partial charge < -0.3 is 9.94 Å². The van der Waals surface area contributed by atoms with Gasteiger partial charge >= 0.3 is 5.88 Å². The van der Waals surface area contributed by atoms with Gasteiger partial charge in [-0.3, -0.25) is 14.4 Å². The van der Waals surface area contributed by atoms with Gasteiger partial charge in [-0.2, -0.15) is 5.10 Å². The molecular weight excluding hydrogens is 326 g/mol. The molecule has 0 aliphatic rings. The van der Waals surface area contributed by atoms with Gasteiger partial charge in [0.25, 0.3) is 5.91 Å². The number of pyridine rings is 1. The molecule has 0 fully saturated rings. The second-order valence-electron chi connectivity index (χ2n) is 4.90. The van der Waals surface area contributed by atoms with Crippen LogP contribution in [0.15, 0.2) is 58.5 Å². The number of hydrazone groups is 1. The molecule has 0 bridgehead atoms. The number of benzene rings is 1. The Balaban J connectivity index is 1.72. The van der Waals surface area contributed by atoms with Crippen LogP contribution in [0.2, 0.25) is 0 Å². The van der Waals surface area contributed by atoms with E-state index < -0.39 is 0 Å². The predicted molar refractivity (Wildman–Crippen MR) is 86.0 cm³/mol. The van der Waals surface area contributed by atoms with E-state index in [4.69, 9.17) is 4.74 Å². The van der Waals surface area contributed by atoms with E-state index in [2.05, 4.69) is 25.3 Å². The second kappa shape index (κ2) is 7.21. The van der Waals surface area contributed by atoms with Gasteiger partial charge in [-0.1, -0.05) is 12.1 Å². The number of carbonyl (C=O) groups is 1. The Hall–Kier alpha value is -3.75. The van der Waals surface area contributed by atoms with Crippen molar-refractivity contribution in [2.45, 2.75) is 6.92 Å². The summed E-state index contributed by atoms with van der Waals surface area (Å²) in [5.74, 6) is 0.0925. The topological polar surface area (TPSA) is 117 Å². The van der Waals surface area contributed by atoms with Gasteiger partial charge in [-0.25, -0.2) is 5.43 Å². The molecule has 2 heterocycles. The highest BCUT2D eigenvalue weighted by Gasteiger charge is 2.17. The van der Waals surface area contributed by atoms with Crippen molar-refractivity contribution in [3.63, 3.8) is 0 Å². The SMILES string of the molecule is Cc1c(Oc2ccccc2/C=N/NC(=O)c2ccncc2)no[n+]1[O-].